The lowest BCUT2D eigenvalue weighted by Crippen LogP contribution is -2.37. The highest BCUT2D eigenvalue weighted by atomic mass is 16.3. The number of aliphatic hydroxyl groups excluding tert-OH is 1. The monoisotopic (exact) mass is 332 g/mol. The predicted octanol–water partition coefficient (Wildman–Crippen LogP) is 1.31. The molecule has 1 unspecified atom stereocenters. The first-order valence-electron chi connectivity index (χ1n) is 8.80. The Morgan fingerprint density at radius 2 is 2.08 bits per heavy atom. The molecule has 3 heterocycles. The maximum Gasteiger partial charge on any atom is 0.153 e. The van der Waals surface area contributed by atoms with Crippen LogP contribution in [0.4, 0.5) is 0 Å². The number of hydrogen-bond acceptors (Lipinski definition) is 5. The molecule has 1 atom stereocenters. The van der Waals surface area contributed by atoms with Crippen LogP contribution in [0.5, 0.6) is 0 Å². The van der Waals surface area contributed by atoms with E-state index >= 15 is 0 Å². The molecule has 2 aromatic rings. The van der Waals surface area contributed by atoms with Crippen LogP contribution in [0.3, 0.4) is 0 Å². The number of rotatable bonds is 6. The number of aryl methyl sites for hydroxylation is 2. The fraction of sp³-hybridized carbons (Fsp3) is 0.706. The number of aromatic nitrogens is 5. The van der Waals surface area contributed by atoms with E-state index in [0.29, 0.717) is 18.5 Å². The molecular formula is C17H28N6O. The van der Waals surface area contributed by atoms with Crippen LogP contribution in [-0.2, 0) is 26.1 Å². The van der Waals surface area contributed by atoms with Crippen molar-refractivity contribution in [3.05, 3.63) is 28.6 Å². The van der Waals surface area contributed by atoms with E-state index in [4.69, 9.17) is 5.11 Å². The Morgan fingerprint density at radius 3 is 2.79 bits per heavy atom. The van der Waals surface area contributed by atoms with Crippen LogP contribution in [0.2, 0.25) is 0 Å². The molecule has 2 aromatic heterocycles. The van der Waals surface area contributed by atoms with Gasteiger partial charge in [0.15, 0.2) is 5.82 Å². The standard InChI is InChI=1S/C17H28N6O/c1-11(2)17-19-16-6-5-14(10-23(16)21-17)18-9-15-12(3)20-22(7-8-24)13(15)4/h11,14,18,24H,5-10H2,1-4H3. The Morgan fingerprint density at radius 1 is 1.29 bits per heavy atom. The molecule has 0 amide bonds. The van der Waals surface area contributed by atoms with Crippen LogP contribution >= 0.6 is 0 Å². The van der Waals surface area contributed by atoms with Gasteiger partial charge in [0.2, 0.25) is 0 Å². The SMILES string of the molecule is Cc1nn(CCO)c(C)c1CNC1CCc2nc(C(C)C)nn2C1. The molecule has 1 aliphatic heterocycles. The maximum absolute atomic E-state index is 9.12. The van der Waals surface area contributed by atoms with Crippen molar-refractivity contribution < 1.29 is 5.11 Å². The second kappa shape index (κ2) is 7.03. The topological polar surface area (TPSA) is 80.8 Å². The van der Waals surface area contributed by atoms with Crippen molar-refractivity contribution in [2.24, 2.45) is 0 Å². The average molecular weight is 332 g/mol. The zero-order valence-electron chi connectivity index (χ0n) is 15.1. The average Bonchev–Trinajstić information content (AvgIpc) is 3.08. The molecule has 0 radical (unpaired) electrons. The Bertz CT molecular complexity index is 702. The highest BCUT2D eigenvalue weighted by Crippen LogP contribution is 2.18. The van der Waals surface area contributed by atoms with E-state index in [2.05, 4.69) is 46.0 Å². The van der Waals surface area contributed by atoms with Crippen LogP contribution in [0.1, 0.15) is 54.8 Å². The number of aliphatic hydroxyl groups is 1. The van der Waals surface area contributed by atoms with E-state index < -0.39 is 0 Å². The lowest BCUT2D eigenvalue weighted by atomic mass is 10.1. The summed E-state index contributed by atoms with van der Waals surface area (Å²) >= 11 is 0. The molecule has 132 valence electrons. The summed E-state index contributed by atoms with van der Waals surface area (Å²) in [5.41, 5.74) is 3.40. The Kier molecular flexibility index (Phi) is 5.01. The number of hydrogen-bond donors (Lipinski definition) is 2. The zero-order valence-corrected chi connectivity index (χ0v) is 15.1. The van der Waals surface area contributed by atoms with Crippen molar-refractivity contribution in [3.8, 4) is 0 Å². The highest BCUT2D eigenvalue weighted by Gasteiger charge is 2.22. The van der Waals surface area contributed by atoms with Crippen molar-refractivity contribution >= 4 is 0 Å². The molecule has 0 bridgehead atoms. The molecule has 3 rings (SSSR count). The van der Waals surface area contributed by atoms with Crippen molar-refractivity contribution in [1.82, 2.24) is 29.9 Å². The second-order valence-corrected chi connectivity index (χ2v) is 6.94. The molecule has 7 heteroatoms. The van der Waals surface area contributed by atoms with Gasteiger partial charge in [0.1, 0.15) is 5.82 Å². The largest absolute Gasteiger partial charge is 0.394 e. The van der Waals surface area contributed by atoms with Gasteiger partial charge in [-0.25, -0.2) is 9.67 Å². The normalized spacial score (nSPS) is 17.5. The van der Waals surface area contributed by atoms with Crippen LogP contribution in [-0.4, -0.2) is 42.3 Å². The Balaban J connectivity index is 1.64. The summed E-state index contributed by atoms with van der Waals surface area (Å²) in [7, 11) is 0. The number of nitrogens with zero attached hydrogens (tertiary/aromatic N) is 5. The fourth-order valence-electron chi connectivity index (χ4n) is 3.29. The van der Waals surface area contributed by atoms with E-state index in [0.717, 1.165) is 49.0 Å². The van der Waals surface area contributed by atoms with Gasteiger partial charge in [-0.05, 0) is 20.3 Å². The van der Waals surface area contributed by atoms with Gasteiger partial charge in [0.05, 0.1) is 25.4 Å². The summed E-state index contributed by atoms with van der Waals surface area (Å²) in [5, 5.41) is 21.9. The van der Waals surface area contributed by atoms with Gasteiger partial charge in [-0.3, -0.25) is 4.68 Å². The predicted molar refractivity (Wildman–Crippen MR) is 91.8 cm³/mol. The van der Waals surface area contributed by atoms with Crippen molar-refractivity contribution in [2.45, 2.75) is 72.1 Å². The van der Waals surface area contributed by atoms with Gasteiger partial charge in [-0.2, -0.15) is 10.2 Å². The number of fused-ring (bicyclic) bond motifs is 1. The van der Waals surface area contributed by atoms with Crippen molar-refractivity contribution in [1.29, 1.82) is 0 Å². The van der Waals surface area contributed by atoms with Gasteiger partial charge in [0.25, 0.3) is 0 Å². The van der Waals surface area contributed by atoms with Gasteiger partial charge < -0.3 is 10.4 Å². The summed E-state index contributed by atoms with van der Waals surface area (Å²) in [6.07, 6.45) is 2.05. The lowest BCUT2D eigenvalue weighted by Gasteiger charge is -2.23. The smallest absolute Gasteiger partial charge is 0.153 e. The maximum atomic E-state index is 9.12. The van der Waals surface area contributed by atoms with E-state index in [9.17, 15) is 0 Å². The second-order valence-electron chi connectivity index (χ2n) is 6.94. The molecule has 0 spiro atoms. The summed E-state index contributed by atoms with van der Waals surface area (Å²) in [4.78, 5) is 4.64. The summed E-state index contributed by atoms with van der Waals surface area (Å²) < 4.78 is 3.95. The molecule has 0 saturated heterocycles. The summed E-state index contributed by atoms with van der Waals surface area (Å²) in [6, 6.07) is 0.402. The molecule has 24 heavy (non-hydrogen) atoms. The number of nitrogens with one attached hydrogen (secondary N) is 1. The minimum atomic E-state index is 0.116. The first-order chi connectivity index (χ1) is 11.5. The molecule has 1 aliphatic rings. The first kappa shape index (κ1) is 17.1. The lowest BCUT2D eigenvalue weighted by molar-refractivity contribution is 0.267. The summed E-state index contributed by atoms with van der Waals surface area (Å²) in [6.45, 7) is 10.7. The van der Waals surface area contributed by atoms with Crippen molar-refractivity contribution in [2.75, 3.05) is 6.61 Å². The molecule has 7 nitrogen and oxygen atoms in total. The molecule has 0 saturated carbocycles. The van der Waals surface area contributed by atoms with Gasteiger partial charge in [-0.1, -0.05) is 13.8 Å². The third kappa shape index (κ3) is 3.37. The van der Waals surface area contributed by atoms with Crippen molar-refractivity contribution in [3.63, 3.8) is 0 Å². The third-order valence-corrected chi connectivity index (χ3v) is 4.80. The highest BCUT2D eigenvalue weighted by molar-refractivity contribution is 5.24. The van der Waals surface area contributed by atoms with Gasteiger partial charge in [-0.15, -0.1) is 0 Å². The Hall–Kier alpha value is -1.73. The molecule has 0 aliphatic carbocycles. The fourth-order valence-corrected chi connectivity index (χ4v) is 3.29. The molecule has 0 fully saturated rings. The van der Waals surface area contributed by atoms with E-state index in [1.54, 1.807) is 0 Å². The van der Waals surface area contributed by atoms with E-state index in [1.165, 1.54) is 5.56 Å². The van der Waals surface area contributed by atoms with Gasteiger partial charge >= 0.3 is 0 Å². The minimum absolute atomic E-state index is 0.116. The zero-order chi connectivity index (χ0) is 17.3. The van der Waals surface area contributed by atoms with E-state index in [-0.39, 0.29) is 6.61 Å². The Labute approximate surface area is 143 Å². The molecule has 0 aromatic carbocycles. The minimum Gasteiger partial charge on any atom is -0.394 e. The van der Waals surface area contributed by atoms with Gasteiger partial charge in [0, 0.05) is 36.2 Å². The first-order valence-corrected chi connectivity index (χ1v) is 8.80. The van der Waals surface area contributed by atoms with Crippen LogP contribution in [0, 0.1) is 13.8 Å². The van der Waals surface area contributed by atoms with Crippen LogP contribution in [0.25, 0.3) is 0 Å². The molecular weight excluding hydrogens is 304 g/mol. The summed E-state index contributed by atoms with van der Waals surface area (Å²) in [5.74, 6) is 2.43. The van der Waals surface area contributed by atoms with Crippen LogP contribution in [0.15, 0.2) is 0 Å². The molecule has 2 N–H and O–H groups in total. The van der Waals surface area contributed by atoms with Crippen LogP contribution < -0.4 is 5.32 Å². The third-order valence-electron chi connectivity index (χ3n) is 4.80. The quantitative estimate of drug-likeness (QED) is 0.834. The van der Waals surface area contributed by atoms with E-state index in [1.807, 2.05) is 11.6 Å².